The predicted molar refractivity (Wildman–Crippen MR) is 196 cm³/mol. The zero-order chi connectivity index (χ0) is 35.7. The Morgan fingerprint density at radius 1 is 0.960 bits per heavy atom. The van der Waals surface area contributed by atoms with E-state index in [-0.39, 0.29) is 5.91 Å². The third-order valence-corrected chi connectivity index (χ3v) is 9.77. The van der Waals surface area contributed by atoms with Crippen LogP contribution in [-0.2, 0) is 31.3 Å². The molecule has 0 bridgehead atoms. The van der Waals surface area contributed by atoms with E-state index in [4.69, 9.17) is 37.7 Å². The van der Waals surface area contributed by atoms with Crippen molar-refractivity contribution in [3.63, 3.8) is 0 Å². The third-order valence-electron chi connectivity index (χ3n) is 8.95. The number of carbonyl (C=O) groups excluding carboxylic acids is 2. The summed E-state index contributed by atoms with van der Waals surface area (Å²) in [5.41, 5.74) is 5.66. The molecule has 50 heavy (non-hydrogen) atoms. The maximum atomic E-state index is 13.4. The lowest BCUT2D eigenvalue weighted by molar-refractivity contribution is 0.0455. The van der Waals surface area contributed by atoms with Gasteiger partial charge in [-0.25, -0.2) is 14.8 Å². The normalized spacial score (nSPS) is 15.3. The molecule has 11 nitrogen and oxygen atoms in total. The summed E-state index contributed by atoms with van der Waals surface area (Å²) in [7, 11) is 5.53. The number of rotatable bonds is 9. The number of ether oxygens (including phenoxy) is 2. The first-order valence-electron chi connectivity index (χ1n) is 16.7. The molecule has 264 valence electrons. The topological polar surface area (TPSA) is 114 Å². The summed E-state index contributed by atoms with van der Waals surface area (Å²) < 4.78 is 12.9. The lowest BCUT2D eigenvalue weighted by atomic mass is 9.98. The van der Waals surface area contributed by atoms with E-state index in [2.05, 4.69) is 25.4 Å². The van der Waals surface area contributed by atoms with Crippen LogP contribution in [0.15, 0.2) is 48.5 Å². The Morgan fingerprint density at radius 2 is 1.66 bits per heavy atom. The van der Waals surface area contributed by atoms with Crippen molar-refractivity contribution in [3.8, 4) is 28.3 Å². The number of carbonyl (C=O) groups is 2. The maximum Gasteiger partial charge on any atom is 0.407 e. The summed E-state index contributed by atoms with van der Waals surface area (Å²) >= 11 is 14.0. The number of hydrogen-bond donors (Lipinski definition) is 2. The molecular formula is C37H43Cl2N7O4. The van der Waals surface area contributed by atoms with E-state index in [0.717, 1.165) is 48.6 Å². The average molecular weight is 721 g/mol. The minimum absolute atomic E-state index is 0.328. The van der Waals surface area contributed by atoms with Crippen LogP contribution in [0.1, 0.15) is 48.3 Å². The van der Waals surface area contributed by atoms with Gasteiger partial charge in [0.25, 0.3) is 5.91 Å². The molecule has 6 rings (SSSR count). The lowest BCUT2D eigenvalue weighted by Gasteiger charge is -2.39. The zero-order valence-corrected chi connectivity index (χ0v) is 30.8. The Labute approximate surface area is 302 Å². The van der Waals surface area contributed by atoms with Crippen molar-refractivity contribution in [1.29, 1.82) is 0 Å². The Kier molecular flexibility index (Phi) is 10.4. The molecule has 4 heterocycles. The van der Waals surface area contributed by atoms with E-state index in [1.165, 1.54) is 0 Å². The Balaban J connectivity index is 1.15. The molecule has 0 aliphatic carbocycles. The molecule has 1 fully saturated rings. The molecule has 0 radical (unpaired) electrons. The number of imidazole rings is 1. The number of halogens is 2. The Bertz CT molecular complexity index is 1920. The second-order valence-corrected chi connectivity index (χ2v) is 14.7. The molecule has 0 spiro atoms. The minimum atomic E-state index is -0.521. The van der Waals surface area contributed by atoms with Gasteiger partial charge in [-0.1, -0.05) is 59.6 Å². The smallest absolute Gasteiger partial charge is 0.407 e. The highest BCUT2D eigenvalue weighted by molar-refractivity contribution is 6.39. The molecule has 0 atom stereocenters. The number of methoxy groups -OCH3 is 1. The number of likely N-dealkylation sites (N-methyl/N-ethyl adjacent to an activating group) is 1. The van der Waals surface area contributed by atoms with Crippen molar-refractivity contribution < 1.29 is 19.1 Å². The van der Waals surface area contributed by atoms with Gasteiger partial charge in [0.1, 0.15) is 5.60 Å². The summed E-state index contributed by atoms with van der Waals surface area (Å²) in [5, 5.41) is 6.67. The molecule has 2 N–H and O–H groups in total. The van der Waals surface area contributed by atoms with Crippen molar-refractivity contribution in [3.05, 3.63) is 81.4 Å². The highest BCUT2D eigenvalue weighted by atomic mass is 35.5. The van der Waals surface area contributed by atoms with Crippen LogP contribution in [0.5, 0.6) is 5.88 Å². The first-order valence-corrected chi connectivity index (χ1v) is 17.4. The van der Waals surface area contributed by atoms with Crippen LogP contribution in [-0.4, -0.2) is 82.3 Å². The number of amides is 2. The largest absolute Gasteiger partial charge is 0.481 e. The molecule has 2 aromatic heterocycles. The van der Waals surface area contributed by atoms with Gasteiger partial charge in [-0.3, -0.25) is 9.69 Å². The fourth-order valence-electron chi connectivity index (χ4n) is 6.45. The summed E-state index contributed by atoms with van der Waals surface area (Å²) in [6.45, 7) is 10.1. The number of benzene rings is 2. The SMILES string of the molecule is COc1nc(-c2cccc(-c3cccc(NC(=O)c4nc5c(n4C)CCN(C)C5)c3Cl)c2Cl)ccc1CN1CC(CNC(=O)OC(C)(C)C)C1. The second kappa shape index (κ2) is 14.6. The van der Waals surface area contributed by atoms with Crippen LogP contribution in [0, 0.1) is 5.92 Å². The molecule has 0 saturated carbocycles. The van der Waals surface area contributed by atoms with Crippen LogP contribution in [0.25, 0.3) is 22.4 Å². The van der Waals surface area contributed by atoms with Crippen molar-refractivity contribution >= 4 is 40.9 Å². The third kappa shape index (κ3) is 7.76. The quantitative estimate of drug-likeness (QED) is 0.198. The van der Waals surface area contributed by atoms with Crippen molar-refractivity contribution in [2.75, 3.05) is 45.7 Å². The molecule has 2 aliphatic rings. The van der Waals surface area contributed by atoms with Crippen LogP contribution >= 0.6 is 23.2 Å². The van der Waals surface area contributed by atoms with Crippen LogP contribution in [0.2, 0.25) is 10.0 Å². The molecule has 2 aliphatic heterocycles. The summed E-state index contributed by atoms with van der Waals surface area (Å²) in [4.78, 5) is 39.3. The Hall–Kier alpha value is -4.16. The van der Waals surface area contributed by atoms with Gasteiger partial charge in [0, 0.05) is 86.6 Å². The number of nitrogens with one attached hydrogen (secondary N) is 2. The molecule has 0 unspecified atom stereocenters. The van der Waals surface area contributed by atoms with Gasteiger partial charge in [0.15, 0.2) is 5.82 Å². The standard InChI is InChI=1S/C37H43Cl2N7O4/c1-37(2,3)50-36(48)40-17-22-18-46(19-22)20-23-13-14-27(43-35(23)49-6)26-11-7-9-24(31(26)38)25-10-8-12-28(32(25)39)42-34(47)33-41-29-21-44(4)16-15-30(29)45(33)5/h7-14,22H,15-21H2,1-6H3,(H,40,48)(H,42,47). The van der Waals surface area contributed by atoms with Gasteiger partial charge in [-0.2, -0.15) is 0 Å². The fourth-order valence-corrected chi connectivity index (χ4v) is 7.05. The van der Waals surface area contributed by atoms with Crippen molar-refractivity contribution in [2.24, 2.45) is 13.0 Å². The Morgan fingerprint density at radius 3 is 2.38 bits per heavy atom. The highest BCUT2D eigenvalue weighted by Crippen LogP contribution is 2.41. The number of nitrogens with zero attached hydrogens (tertiary/aromatic N) is 5. The summed E-state index contributed by atoms with van der Waals surface area (Å²) in [6.07, 6.45) is 0.445. The second-order valence-electron chi connectivity index (χ2n) is 14.0. The van der Waals surface area contributed by atoms with E-state index in [1.807, 2.05) is 81.9 Å². The first-order chi connectivity index (χ1) is 23.8. The van der Waals surface area contributed by atoms with E-state index in [0.29, 0.717) is 69.8 Å². The number of anilines is 1. The van der Waals surface area contributed by atoms with E-state index >= 15 is 0 Å². The van der Waals surface area contributed by atoms with Gasteiger partial charge in [0.05, 0.1) is 34.2 Å². The van der Waals surface area contributed by atoms with E-state index in [1.54, 1.807) is 13.2 Å². The van der Waals surface area contributed by atoms with Gasteiger partial charge < -0.3 is 29.6 Å². The molecule has 1 saturated heterocycles. The van der Waals surface area contributed by atoms with Gasteiger partial charge in [-0.05, 0) is 40.0 Å². The first kappa shape index (κ1) is 35.7. The minimum Gasteiger partial charge on any atom is -0.481 e. The summed E-state index contributed by atoms with van der Waals surface area (Å²) in [6, 6.07) is 15.1. The van der Waals surface area contributed by atoms with Crippen molar-refractivity contribution in [1.82, 2.24) is 29.7 Å². The number of likely N-dealkylation sites (tertiary alicyclic amines) is 1. The molecule has 2 aromatic carbocycles. The molecule has 4 aromatic rings. The van der Waals surface area contributed by atoms with Crippen LogP contribution in [0.4, 0.5) is 10.5 Å². The highest BCUT2D eigenvalue weighted by Gasteiger charge is 2.29. The fraction of sp³-hybridized carbons (Fsp3) is 0.405. The molecule has 2 amide bonds. The molecular weight excluding hydrogens is 677 g/mol. The summed E-state index contributed by atoms with van der Waals surface area (Å²) in [5.74, 6) is 0.887. The lowest BCUT2D eigenvalue weighted by Crippen LogP contribution is -2.51. The number of aromatic nitrogens is 3. The van der Waals surface area contributed by atoms with Gasteiger partial charge in [-0.15, -0.1) is 0 Å². The predicted octanol–water partition coefficient (Wildman–Crippen LogP) is 6.66. The van der Waals surface area contributed by atoms with Gasteiger partial charge >= 0.3 is 6.09 Å². The number of hydrogen-bond acceptors (Lipinski definition) is 8. The monoisotopic (exact) mass is 719 g/mol. The van der Waals surface area contributed by atoms with E-state index < -0.39 is 11.7 Å². The molecule has 13 heteroatoms. The maximum absolute atomic E-state index is 13.4. The average Bonchev–Trinajstić information content (AvgIpc) is 3.37. The zero-order valence-electron chi connectivity index (χ0n) is 29.3. The van der Waals surface area contributed by atoms with E-state index in [9.17, 15) is 9.59 Å². The van der Waals surface area contributed by atoms with Crippen LogP contribution < -0.4 is 15.4 Å². The van der Waals surface area contributed by atoms with Gasteiger partial charge in [0.2, 0.25) is 5.88 Å². The number of alkyl carbamates (subject to hydrolysis) is 1. The number of fused-ring (bicyclic) bond motifs is 1. The number of pyridine rings is 1. The van der Waals surface area contributed by atoms with Crippen molar-refractivity contribution in [2.45, 2.75) is 45.9 Å². The van der Waals surface area contributed by atoms with Crippen LogP contribution in [0.3, 0.4) is 0 Å².